The SMILES string of the molecule is CC(N)C1CCN(CC(=O)NNC(=O)c2cccs2)CC1. The molecular weight excluding hydrogens is 288 g/mol. The van der Waals surface area contributed by atoms with Gasteiger partial charge in [0.25, 0.3) is 11.8 Å². The molecular formula is C14H22N4O2S. The molecule has 0 saturated carbocycles. The van der Waals surface area contributed by atoms with Crippen molar-refractivity contribution < 1.29 is 9.59 Å². The van der Waals surface area contributed by atoms with Crippen LogP contribution in [0.15, 0.2) is 17.5 Å². The number of rotatable bonds is 4. The molecule has 0 aliphatic carbocycles. The molecule has 0 radical (unpaired) electrons. The van der Waals surface area contributed by atoms with Gasteiger partial charge in [0, 0.05) is 6.04 Å². The molecule has 1 aliphatic rings. The molecule has 1 aromatic heterocycles. The number of thiophene rings is 1. The molecule has 1 aliphatic heterocycles. The molecule has 4 N–H and O–H groups in total. The van der Waals surface area contributed by atoms with E-state index in [-0.39, 0.29) is 17.9 Å². The molecule has 7 heteroatoms. The highest BCUT2D eigenvalue weighted by Gasteiger charge is 2.23. The molecule has 1 unspecified atom stereocenters. The highest BCUT2D eigenvalue weighted by atomic mass is 32.1. The van der Waals surface area contributed by atoms with E-state index in [4.69, 9.17) is 5.73 Å². The van der Waals surface area contributed by atoms with E-state index in [2.05, 4.69) is 15.8 Å². The number of likely N-dealkylation sites (tertiary alicyclic amines) is 1. The van der Waals surface area contributed by atoms with Crippen molar-refractivity contribution in [3.63, 3.8) is 0 Å². The fourth-order valence-electron chi connectivity index (χ4n) is 2.48. The van der Waals surface area contributed by atoms with Crippen LogP contribution in [0.25, 0.3) is 0 Å². The summed E-state index contributed by atoms with van der Waals surface area (Å²) < 4.78 is 0. The summed E-state index contributed by atoms with van der Waals surface area (Å²) in [5, 5.41) is 1.82. The van der Waals surface area contributed by atoms with Gasteiger partial charge in [0.2, 0.25) is 0 Å². The average Bonchev–Trinajstić information content (AvgIpc) is 2.99. The van der Waals surface area contributed by atoms with Gasteiger partial charge in [-0.05, 0) is 50.2 Å². The second-order valence-electron chi connectivity index (χ2n) is 5.45. The van der Waals surface area contributed by atoms with Crippen molar-refractivity contribution in [2.75, 3.05) is 19.6 Å². The second-order valence-corrected chi connectivity index (χ2v) is 6.40. The fourth-order valence-corrected chi connectivity index (χ4v) is 3.09. The number of amides is 2. The Morgan fingerprint density at radius 3 is 2.71 bits per heavy atom. The van der Waals surface area contributed by atoms with Gasteiger partial charge in [-0.1, -0.05) is 6.07 Å². The van der Waals surface area contributed by atoms with Gasteiger partial charge >= 0.3 is 0 Å². The van der Waals surface area contributed by atoms with Gasteiger partial charge < -0.3 is 5.73 Å². The third-order valence-corrected chi connectivity index (χ3v) is 4.67. The summed E-state index contributed by atoms with van der Waals surface area (Å²) in [5.74, 6) is 0.0658. The minimum atomic E-state index is -0.283. The summed E-state index contributed by atoms with van der Waals surface area (Å²) in [6.45, 7) is 4.08. The Kier molecular flexibility index (Phi) is 5.72. The van der Waals surface area contributed by atoms with Gasteiger partial charge in [-0.25, -0.2) is 0 Å². The van der Waals surface area contributed by atoms with Crippen LogP contribution in [0.4, 0.5) is 0 Å². The van der Waals surface area contributed by atoms with Crippen LogP contribution >= 0.6 is 11.3 Å². The Morgan fingerprint density at radius 2 is 2.14 bits per heavy atom. The van der Waals surface area contributed by atoms with Crippen molar-refractivity contribution in [2.45, 2.75) is 25.8 Å². The predicted octanol–water partition coefficient (Wildman–Crippen LogP) is 0.568. The third kappa shape index (κ3) is 4.80. The Hall–Kier alpha value is -1.44. The first kappa shape index (κ1) is 15.9. The van der Waals surface area contributed by atoms with Crippen LogP contribution in [0.1, 0.15) is 29.4 Å². The van der Waals surface area contributed by atoms with Crippen LogP contribution in [0.3, 0.4) is 0 Å². The molecule has 2 rings (SSSR count). The van der Waals surface area contributed by atoms with E-state index in [9.17, 15) is 9.59 Å². The quantitative estimate of drug-likeness (QED) is 0.710. The smallest absolute Gasteiger partial charge is 0.279 e. The van der Waals surface area contributed by atoms with Crippen molar-refractivity contribution in [1.29, 1.82) is 0 Å². The summed E-state index contributed by atoms with van der Waals surface area (Å²) in [4.78, 5) is 26.2. The van der Waals surface area contributed by atoms with Gasteiger partial charge in [-0.2, -0.15) is 0 Å². The first-order valence-corrected chi connectivity index (χ1v) is 8.05. The molecule has 1 saturated heterocycles. The number of piperidine rings is 1. The molecule has 0 aromatic carbocycles. The van der Waals surface area contributed by atoms with Crippen molar-refractivity contribution in [3.8, 4) is 0 Å². The lowest BCUT2D eigenvalue weighted by molar-refractivity contribution is -0.123. The minimum absolute atomic E-state index is 0.195. The Bertz CT molecular complexity index is 467. The highest BCUT2D eigenvalue weighted by molar-refractivity contribution is 7.12. The number of hydrogen-bond acceptors (Lipinski definition) is 5. The van der Waals surface area contributed by atoms with Crippen molar-refractivity contribution in [1.82, 2.24) is 15.8 Å². The zero-order chi connectivity index (χ0) is 15.2. The predicted molar refractivity (Wildman–Crippen MR) is 82.7 cm³/mol. The molecule has 1 fully saturated rings. The molecule has 21 heavy (non-hydrogen) atoms. The first-order chi connectivity index (χ1) is 10.1. The molecule has 0 bridgehead atoms. The molecule has 0 spiro atoms. The number of carbonyl (C=O) groups is 2. The van der Waals surface area contributed by atoms with E-state index in [0.29, 0.717) is 17.3 Å². The molecule has 116 valence electrons. The molecule has 1 atom stereocenters. The second kappa shape index (κ2) is 7.53. The molecule has 2 amide bonds. The van der Waals surface area contributed by atoms with Gasteiger partial charge in [0.05, 0.1) is 11.4 Å². The summed E-state index contributed by atoms with van der Waals surface area (Å²) in [5.41, 5.74) is 10.8. The monoisotopic (exact) mass is 310 g/mol. The standard InChI is InChI=1S/C14H22N4O2S/c1-10(15)11-4-6-18(7-5-11)9-13(19)16-17-14(20)12-3-2-8-21-12/h2-3,8,10-11H,4-7,9,15H2,1H3,(H,16,19)(H,17,20). The zero-order valence-corrected chi connectivity index (χ0v) is 13.0. The fraction of sp³-hybridized carbons (Fsp3) is 0.571. The van der Waals surface area contributed by atoms with Gasteiger partial charge in [-0.3, -0.25) is 25.3 Å². The lowest BCUT2D eigenvalue weighted by Gasteiger charge is -2.33. The van der Waals surface area contributed by atoms with E-state index in [1.165, 1.54) is 11.3 Å². The maximum Gasteiger partial charge on any atom is 0.279 e. The van der Waals surface area contributed by atoms with Crippen molar-refractivity contribution in [3.05, 3.63) is 22.4 Å². The van der Waals surface area contributed by atoms with Crippen LogP contribution in [0, 0.1) is 5.92 Å². The van der Waals surface area contributed by atoms with Crippen LogP contribution in [-0.4, -0.2) is 42.4 Å². The number of hydrogen-bond donors (Lipinski definition) is 3. The van der Waals surface area contributed by atoms with Crippen molar-refractivity contribution in [2.24, 2.45) is 11.7 Å². The van der Waals surface area contributed by atoms with E-state index >= 15 is 0 Å². The minimum Gasteiger partial charge on any atom is -0.328 e. The number of carbonyl (C=O) groups excluding carboxylic acids is 2. The largest absolute Gasteiger partial charge is 0.328 e. The topological polar surface area (TPSA) is 87.5 Å². The number of nitrogens with two attached hydrogens (primary N) is 1. The van der Waals surface area contributed by atoms with Crippen LogP contribution < -0.4 is 16.6 Å². The maximum atomic E-state index is 11.8. The van der Waals surface area contributed by atoms with E-state index in [0.717, 1.165) is 25.9 Å². The molecule has 2 heterocycles. The van der Waals surface area contributed by atoms with Gasteiger partial charge in [-0.15, -0.1) is 11.3 Å². The number of hydrazine groups is 1. The normalized spacial score (nSPS) is 18.2. The van der Waals surface area contributed by atoms with Gasteiger partial charge in [0.15, 0.2) is 0 Å². The van der Waals surface area contributed by atoms with Crippen molar-refractivity contribution >= 4 is 23.2 Å². The Labute approximate surface area is 128 Å². The third-order valence-electron chi connectivity index (χ3n) is 3.80. The maximum absolute atomic E-state index is 11.8. The van der Waals surface area contributed by atoms with Crippen LogP contribution in [-0.2, 0) is 4.79 Å². The molecule has 6 nitrogen and oxygen atoms in total. The summed E-state index contributed by atoms with van der Waals surface area (Å²) >= 11 is 1.34. The summed E-state index contributed by atoms with van der Waals surface area (Å²) in [6.07, 6.45) is 2.04. The lowest BCUT2D eigenvalue weighted by atomic mass is 9.91. The summed E-state index contributed by atoms with van der Waals surface area (Å²) in [7, 11) is 0. The number of nitrogens with one attached hydrogen (secondary N) is 2. The van der Waals surface area contributed by atoms with E-state index in [1.807, 2.05) is 12.3 Å². The Balaban J connectivity index is 1.67. The Morgan fingerprint density at radius 1 is 1.43 bits per heavy atom. The van der Waals surface area contributed by atoms with Gasteiger partial charge in [0.1, 0.15) is 0 Å². The lowest BCUT2D eigenvalue weighted by Crippen LogP contribution is -2.48. The number of nitrogens with zero attached hydrogens (tertiary/aromatic N) is 1. The van der Waals surface area contributed by atoms with E-state index in [1.54, 1.807) is 12.1 Å². The van der Waals surface area contributed by atoms with E-state index < -0.39 is 0 Å². The summed E-state index contributed by atoms with van der Waals surface area (Å²) in [6, 6.07) is 3.72. The average molecular weight is 310 g/mol. The highest BCUT2D eigenvalue weighted by Crippen LogP contribution is 2.18. The first-order valence-electron chi connectivity index (χ1n) is 7.17. The molecule has 1 aromatic rings. The van der Waals surface area contributed by atoms with Crippen LogP contribution in [0.5, 0.6) is 0 Å². The van der Waals surface area contributed by atoms with Crippen LogP contribution in [0.2, 0.25) is 0 Å². The zero-order valence-electron chi connectivity index (χ0n) is 12.2.